The Labute approximate surface area is 186 Å². The molecule has 2 nitrogen and oxygen atoms in total. The van der Waals surface area contributed by atoms with Crippen LogP contribution in [0, 0.1) is 41.4 Å². The molecule has 1 N–H and O–H groups in total. The van der Waals surface area contributed by atoms with Crippen molar-refractivity contribution in [2.75, 3.05) is 0 Å². The van der Waals surface area contributed by atoms with Crippen molar-refractivity contribution in [2.45, 2.75) is 77.7 Å². The van der Waals surface area contributed by atoms with Gasteiger partial charge in [-0.05, 0) is 82.3 Å². The third-order valence-corrected chi connectivity index (χ3v) is 9.20. The first-order chi connectivity index (χ1) is 14.8. The Morgan fingerprint density at radius 1 is 1.13 bits per heavy atom. The summed E-state index contributed by atoms with van der Waals surface area (Å²) in [6.45, 7) is 6.24. The van der Waals surface area contributed by atoms with E-state index in [0.29, 0.717) is 24.0 Å². The van der Waals surface area contributed by atoms with E-state index in [1.165, 1.54) is 16.7 Å². The van der Waals surface area contributed by atoms with E-state index in [-0.39, 0.29) is 10.8 Å². The van der Waals surface area contributed by atoms with Crippen molar-refractivity contribution in [3.63, 3.8) is 0 Å². The van der Waals surface area contributed by atoms with Gasteiger partial charge in [0.1, 0.15) is 5.60 Å². The lowest BCUT2D eigenvalue weighted by molar-refractivity contribution is -0.115. The molecule has 0 unspecified atom stereocenters. The molecule has 0 heterocycles. The molecule has 0 aliphatic heterocycles. The number of hydrogen-bond acceptors (Lipinski definition) is 2. The van der Waals surface area contributed by atoms with Crippen LogP contribution in [0.15, 0.2) is 47.6 Å². The van der Waals surface area contributed by atoms with E-state index >= 15 is 0 Å². The highest BCUT2D eigenvalue weighted by atomic mass is 16.3. The summed E-state index contributed by atoms with van der Waals surface area (Å²) < 4.78 is 0. The van der Waals surface area contributed by atoms with E-state index in [1.54, 1.807) is 5.57 Å². The lowest BCUT2D eigenvalue weighted by atomic mass is 9.49. The number of aryl methyl sites for hydroxylation is 1. The molecule has 0 saturated heterocycles. The maximum absolute atomic E-state index is 12.4. The van der Waals surface area contributed by atoms with Crippen molar-refractivity contribution in [2.24, 2.45) is 22.7 Å². The normalized spacial score (nSPS) is 38.8. The van der Waals surface area contributed by atoms with E-state index < -0.39 is 5.60 Å². The number of carbonyl (C=O) groups is 1. The van der Waals surface area contributed by atoms with E-state index in [9.17, 15) is 9.90 Å². The second-order valence-electron chi connectivity index (χ2n) is 10.7. The summed E-state index contributed by atoms with van der Waals surface area (Å²) in [4.78, 5) is 12.4. The Balaban J connectivity index is 1.60. The summed E-state index contributed by atoms with van der Waals surface area (Å²) in [5.41, 5.74) is 4.49. The quantitative estimate of drug-likeness (QED) is 0.496. The largest absolute Gasteiger partial charge is 0.377 e. The summed E-state index contributed by atoms with van der Waals surface area (Å²) in [6, 6.07) is 8.94. The number of ketones is 1. The maximum Gasteiger partial charge on any atom is 0.155 e. The van der Waals surface area contributed by atoms with Crippen molar-refractivity contribution >= 4 is 5.78 Å². The lowest BCUT2D eigenvalue weighted by Gasteiger charge is -2.55. The average Bonchev–Trinajstić information content (AvgIpc) is 3.01. The van der Waals surface area contributed by atoms with Crippen molar-refractivity contribution in [1.29, 1.82) is 0 Å². The summed E-state index contributed by atoms with van der Waals surface area (Å²) in [6.07, 6.45) is 11.8. The predicted octanol–water partition coefficient (Wildman–Crippen LogP) is 5.72. The van der Waals surface area contributed by atoms with Gasteiger partial charge in [-0.25, -0.2) is 0 Å². The van der Waals surface area contributed by atoms with Crippen molar-refractivity contribution in [1.82, 2.24) is 0 Å². The monoisotopic (exact) mass is 414 g/mol. The maximum atomic E-state index is 12.4. The topological polar surface area (TPSA) is 37.3 Å². The number of fused-ring (bicyclic) bond motifs is 5. The van der Waals surface area contributed by atoms with Gasteiger partial charge < -0.3 is 5.11 Å². The highest BCUT2D eigenvalue weighted by Crippen LogP contribution is 2.66. The second-order valence-corrected chi connectivity index (χ2v) is 10.7. The number of allylic oxidation sites excluding steroid dienone is 4. The zero-order valence-electron chi connectivity index (χ0n) is 19.1. The van der Waals surface area contributed by atoms with Crippen LogP contribution in [0.5, 0.6) is 0 Å². The first-order valence-electron chi connectivity index (χ1n) is 12.0. The average molecular weight is 415 g/mol. The van der Waals surface area contributed by atoms with Crippen molar-refractivity contribution in [3.05, 3.63) is 58.7 Å². The van der Waals surface area contributed by atoms with Crippen LogP contribution in [0.1, 0.15) is 69.9 Å². The fourth-order valence-electron chi connectivity index (χ4n) is 7.46. The van der Waals surface area contributed by atoms with Gasteiger partial charge >= 0.3 is 0 Å². The molecule has 5 atom stereocenters. The number of rotatable bonds is 2. The molecule has 31 heavy (non-hydrogen) atoms. The summed E-state index contributed by atoms with van der Waals surface area (Å²) in [5, 5.41) is 11.5. The van der Waals surface area contributed by atoms with Gasteiger partial charge in [0.05, 0.1) is 0 Å². The van der Waals surface area contributed by atoms with Gasteiger partial charge in [-0.2, -0.15) is 0 Å². The Hall–Kier alpha value is -2.11. The minimum absolute atomic E-state index is 0.0233. The molecule has 0 radical (unpaired) electrons. The van der Waals surface area contributed by atoms with Gasteiger partial charge in [0, 0.05) is 17.3 Å². The van der Waals surface area contributed by atoms with Crippen molar-refractivity contribution in [3.8, 4) is 11.8 Å². The molecular weight excluding hydrogens is 380 g/mol. The van der Waals surface area contributed by atoms with Gasteiger partial charge in [0.2, 0.25) is 0 Å². The Kier molecular flexibility index (Phi) is 4.83. The van der Waals surface area contributed by atoms with Crippen LogP contribution in [0.3, 0.4) is 0 Å². The number of aliphatic hydroxyl groups is 1. The molecule has 2 fully saturated rings. The first kappa shape index (κ1) is 20.8. The molecule has 4 aliphatic carbocycles. The molecule has 2 saturated carbocycles. The van der Waals surface area contributed by atoms with Crippen LogP contribution >= 0.6 is 0 Å². The fraction of sp³-hybridized carbons (Fsp3) is 0.552. The van der Waals surface area contributed by atoms with Gasteiger partial charge in [-0.1, -0.05) is 59.9 Å². The third kappa shape index (κ3) is 3.00. The molecule has 2 heteroatoms. The van der Waals surface area contributed by atoms with Crippen LogP contribution in [-0.4, -0.2) is 16.5 Å². The molecule has 5 rings (SSSR count). The first-order valence-corrected chi connectivity index (χ1v) is 12.0. The van der Waals surface area contributed by atoms with Gasteiger partial charge in [0.15, 0.2) is 5.78 Å². The molecule has 0 bridgehead atoms. The SMILES string of the molecule is CC#C[C@]1(O)CC[C@H]2[C@@H]3CCC4=CC(=O)CC[C@@]4(Cc4ccc(C)cc4)C3=CC[C@@]21C. The van der Waals surface area contributed by atoms with E-state index in [0.717, 1.165) is 44.9 Å². The molecule has 162 valence electrons. The van der Waals surface area contributed by atoms with Gasteiger partial charge in [0.25, 0.3) is 0 Å². The third-order valence-electron chi connectivity index (χ3n) is 9.20. The number of hydrogen-bond donors (Lipinski definition) is 1. The van der Waals surface area contributed by atoms with Gasteiger partial charge in [-0.15, -0.1) is 5.92 Å². The van der Waals surface area contributed by atoms with E-state index in [4.69, 9.17) is 0 Å². The molecule has 1 aromatic rings. The van der Waals surface area contributed by atoms with Crippen LogP contribution < -0.4 is 0 Å². The Morgan fingerprint density at radius 3 is 2.65 bits per heavy atom. The lowest BCUT2D eigenvalue weighted by Crippen LogP contribution is -2.51. The molecule has 1 aromatic carbocycles. The minimum atomic E-state index is -0.878. The molecular formula is C29H34O2. The Bertz CT molecular complexity index is 1030. The molecule has 0 aromatic heterocycles. The van der Waals surface area contributed by atoms with Crippen LogP contribution in [0.2, 0.25) is 0 Å². The standard InChI is InChI=1S/C29H34O2/c1-4-14-29(31)17-13-25-24-10-9-22-18-23(30)11-16-28(22,26(24)12-15-27(25,29)3)19-21-7-5-20(2)6-8-21/h5-8,12,18,24-25,31H,9-11,13,15-17,19H2,1-3H3/t24-,25-,27-,28-,29-/m0/s1. The number of benzene rings is 1. The number of carbonyl (C=O) groups excluding carboxylic acids is 1. The molecule has 4 aliphatic rings. The zero-order valence-corrected chi connectivity index (χ0v) is 19.1. The molecule has 0 amide bonds. The van der Waals surface area contributed by atoms with Crippen molar-refractivity contribution < 1.29 is 9.90 Å². The highest BCUT2D eigenvalue weighted by molar-refractivity contribution is 5.92. The summed E-state index contributed by atoms with van der Waals surface area (Å²) >= 11 is 0. The Morgan fingerprint density at radius 2 is 1.90 bits per heavy atom. The predicted molar refractivity (Wildman–Crippen MR) is 124 cm³/mol. The fourth-order valence-corrected chi connectivity index (χ4v) is 7.46. The van der Waals surface area contributed by atoms with E-state index in [1.807, 2.05) is 13.0 Å². The summed E-state index contributed by atoms with van der Waals surface area (Å²) in [7, 11) is 0. The van der Waals surface area contributed by atoms with Gasteiger partial charge in [-0.3, -0.25) is 4.79 Å². The molecule has 0 spiro atoms. The second kappa shape index (κ2) is 7.21. The summed E-state index contributed by atoms with van der Waals surface area (Å²) in [5.74, 6) is 7.45. The highest BCUT2D eigenvalue weighted by Gasteiger charge is 2.62. The van der Waals surface area contributed by atoms with Crippen LogP contribution in [0.25, 0.3) is 0 Å². The van der Waals surface area contributed by atoms with Crippen LogP contribution in [-0.2, 0) is 11.2 Å². The zero-order chi connectivity index (χ0) is 21.9. The van der Waals surface area contributed by atoms with Crippen LogP contribution in [0.4, 0.5) is 0 Å². The van der Waals surface area contributed by atoms with E-state index in [2.05, 4.69) is 56.0 Å². The smallest absolute Gasteiger partial charge is 0.155 e. The minimum Gasteiger partial charge on any atom is -0.377 e.